The van der Waals surface area contributed by atoms with Crippen molar-refractivity contribution in [3.63, 3.8) is 0 Å². The second kappa shape index (κ2) is 6.22. The van der Waals surface area contributed by atoms with Crippen LogP contribution in [-0.4, -0.2) is 16.9 Å². The minimum absolute atomic E-state index is 0.0274. The van der Waals surface area contributed by atoms with Crippen molar-refractivity contribution in [2.45, 2.75) is 38.5 Å². The Morgan fingerprint density at radius 1 is 1.30 bits per heavy atom. The van der Waals surface area contributed by atoms with E-state index in [0.29, 0.717) is 0 Å². The molecule has 0 saturated carbocycles. The van der Waals surface area contributed by atoms with Crippen LogP contribution in [0.5, 0.6) is 5.75 Å². The van der Waals surface area contributed by atoms with Gasteiger partial charge in [-0.15, -0.1) is 11.3 Å². The Kier molecular flexibility index (Phi) is 4.24. The van der Waals surface area contributed by atoms with E-state index in [4.69, 9.17) is 9.84 Å². The molecule has 3 heterocycles. The maximum atomic E-state index is 6.22. The van der Waals surface area contributed by atoms with Crippen molar-refractivity contribution >= 4 is 48.9 Å². The van der Waals surface area contributed by atoms with Crippen LogP contribution in [0.4, 0.5) is 0 Å². The average Bonchev–Trinajstić information content (AvgIpc) is 3.14. The van der Waals surface area contributed by atoms with E-state index >= 15 is 0 Å². The SMILES string of the molecule is CCCC1Oc2ccc(Br)cc2C2CC(c3ccc(Br)s3)=NN12. The van der Waals surface area contributed by atoms with Gasteiger partial charge in [-0.2, -0.15) is 5.10 Å². The average molecular weight is 456 g/mol. The molecule has 0 saturated heterocycles. The summed E-state index contributed by atoms with van der Waals surface area (Å²) in [6.07, 6.45) is 3.02. The number of thiophene rings is 1. The van der Waals surface area contributed by atoms with Gasteiger partial charge in [-0.3, -0.25) is 5.01 Å². The first-order chi connectivity index (χ1) is 11.2. The third-order valence-electron chi connectivity index (χ3n) is 4.22. The number of rotatable bonds is 3. The molecule has 0 N–H and O–H groups in total. The third-order valence-corrected chi connectivity index (χ3v) is 6.39. The van der Waals surface area contributed by atoms with E-state index in [-0.39, 0.29) is 12.3 Å². The van der Waals surface area contributed by atoms with Crippen molar-refractivity contribution in [2.24, 2.45) is 5.10 Å². The fourth-order valence-electron chi connectivity index (χ4n) is 3.19. The summed E-state index contributed by atoms with van der Waals surface area (Å²) in [5.74, 6) is 0.997. The summed E-state index contributed by atoms with van der Waals surface area (Å²) in [5, 5.41) is 7.09. The van der Waals surface area contributed by atoms with Gasteiger partial charge in [0, 0.05) is 22.9 Å². The van der Waals surface area contributed by atoms with Gasteiger partial charge in [-0.1, -0.05) is 29.3 Å². The van der Waals surface area contributed by atoms with E-state index in [1.165, 1.54) is 10.4 Å². The molecule has 2 aliphatic rings. The van der Waals surface area contributed by atoms with E-state index in [0.717, 1.165) is 39.0 Å². The van der Waals surface area contributed by atoms with Crippen LogP contribution < -0.4 is 4.74 Å². The molecule has 2 atom stereocenters. The van der Waals surface area contributed by atoms with Gasteiger partial charge in [0.05, 0.1) is 20.4 Å². The molecule has 0 aliphatic carbocycles. The van der Waals surface area contributed by atoms with Crippen molar-refractivity contribution in [1.29, 1.82) is 0 Å². The summed E-state index contributed by atoms with van der Waals surface area (Å²) in [5.41, 5.74) is 2.38. The monoisotopic (exact) mass is 454 g/mol. The summed E-state index contributed by atoms with van der Waals surface area (Å²) < 4.78 is 8.45. The minimum Gasteiger partial charge on any atom is -0.469 e. The van der Waals surface area contributed by atoms with Gasteiger partial charge in [-0.25, -0.2) is 0 Å². The Balaban J connectivity index is 1.73. The molecule has 6 heteroatoms. The van der Waals surface area contributed by atoms with Crippen LogP contribution in [0.1, 0.15) is 42.7 Å². The molecule has 2 unspecified atom stereocenters. The van der Waals surface area contributed by atoms with Crippen molar-refractivity contribution < 1.29 is 4.74 Å². The summed E-state index contributed by atoms with van der Waals surface area (Å²) in [6.45, 7) is 2.19. The predicted molar refractivity (Wildman–Crippen MR) is 101 cm³/mol. The second-order valence-electron chi connectivity index (χ2n) is 5.79. The zero-order chi connectivity index (χ0) is 16.0. The molecule has 0 radical (unpaired) electrons. The quantitative estimate of drug-likeness (QED) is 0.571. The number of hydrogen-bond donors (Lipinski definition) is 0. The Morgan fingerprint density at radius 3 is 2.91 bits per heavy atom. The number of ether oxygens (including phenoxy) is 1. The smallest absolute Gasteiger partial charge is 0.187 e. The van der Waals surface area contributed by atoms with E-state index in [9.17, 15) is 0 Å². The lowest BCUT2D eigenvalue weighted by atomic mass is 9.98. The molecular weight excluding hydrogens is 440 g/mol. The van der Waals surface area contributed by atoms with E-state index < -0.39 is 0 Å². The summed E-state index contributed by atoms with van der Waals surface area (Å²) in [4.78, 5) is 1.23. The number of halogens is 2. The van der Waals surface area contributed by atoms with Crippen molar-refractivity contribution in [2.75, 3.05) is 0 Å². The molecule has 2 aromatic rings. The molecule has 4 rings (SSSR count). The van der Waals surface area contributed by atoms with E-state index in [1.807, 2.05) is 6.07 Å². The first kappa shape index (κ1) is 15.7. The zero-order valence-electron chi connectivity index (χ0n) is 12.6. The van der Waals surface area contributed by atoms with Crippen molar-refractivity contribution in [3.05, 3.63) is 49.0 Å². The maximum absolute atomic E-state index is 6.22. The molecule has 120 valence electrons. The first-order valence-corrected chi connectivity index (χ1v) is 10.1. The second-order valence-corrected chi connectivity index (χ2v) is 9.17. The summed E-state index contributed by atoms with van der Waals surface area (Å²) in [6, 6.07) is 10.8. The largest absolute Gasteiger partial charge is 0.469 e. The number of hydrogen-bond acceptors (Lipinski definition) is 4. The highest BCUT2D eigenvalue weighted by Gasteiger charge is 2.40. The predicted octanol–water partition coefficient (Wildman–Crippen LogP) is 5.94. The molecule has 2 aliphatic heterocycles. The van der Waals surface area contributed by atoms with E-state index in [1.54, 1.807) is 11.3 Å². The molecule has 0 spiro atoms. The van der Waals surface area contributed by atoms with Crippen LogP contribution in [0.2, 0.25) is 0 Å². The van der Waals surface area contributed by atoms with Gasteiger partial charge in [0.15, 0.2) is 6.23 Å². The van der Waals surface area contributed by atoms with Crippen LogP contribution in [0, 0.1) is 0 Å². The van der Waals surface area contributed by atoms with E-state index in [2.05, 4.69) is 68.1 Å². The number of fused-ring (bicyclic) bond motifs is 3. The molecule has 1 aromatic carbocycles. The lowest BCUT2D eigenvalue weighted by molar-refractivity contribution is -0.0223. The molecule has 3 nitrogen and oxygen atoms in total. The number of hydrazone groups is 1. The lowest BCUT2D eigenvalue weighted by Gasteiger charge is -2.38. The highest BCUT2D eigenvalue weighted by Crippen LogP contribution is 2.45. The maximum Gasteiger partial charge on any atom is 0.187 e. The lowest BCUT2D eigenvalue weighted by Crippen LogP contribution is -2.40. The van der Waals surface area contributed by atoms with Crippen LogP contribution in [0.15, 0.2) is 43.7 Å². The van der Waals surface area contributed by atoms with Gasteiger partial charge >= 0.3 is 0 Å². The molecule has 0 fully saturated rings. The summed E-state index contributed by atoms with van der Waals surface area (Å²) in [7, 11) is 0. The molecule has 0 bridgehead atoms. The fourth-order valence-corrected chi connectivity index (χ4v) is 4.95. The molecular formula is C17H16Br2N2OS. The normalized spacial score (nSPS) is 22.4. The fraction of sp³-hybridized carbons (Fsp3) is 0.353. The van der Waals surface area contributed by atoms with Gasteiger partial charge in [0.25, 0.3) is 0 Å². The van der Waals surface area contributed by atoms with Crippen LogP contribution >= 0.6 is 43.2 Å². The highest BCUT2D eigenvalue weighted by atomic mass is 79.9. The Bertz CT molecular complexity index is 774. The Morgan fingerprint density at radius 2 is 2.17 bits per heavy atom. The van der Waals surface area contributed by atoms with Crippen LogP contribution in [-0.2, 0) is 0 Å². The van der Waals surface area contributed by atoms with Crippen molar-refractivity contribution in [1.82, 2.24) is 5.01 Å². The highest BCUT2D eigenvalue weighted by molar-refractivity contribution is 9.11. The molecule has 1 aromatic heterocycles. The standard InChI is InChI=1S/C17H16Br2N2OS/c1-2-3-17-21-13(11-8-10(18)4-5-14(11)22-17)9-12(20-21)15-6-7-16(19)23-15/h4-8,13,17H,2-3,9H2,1H3. The third kappa shape index (κ3) is 2.85. The topological polar surface area (TPSA) is 24.8 Å². The van der Waals surface area contributed by atoms with Gasteiger partial charge < -0.3 is 4.74 Å². The first-order valence-electron chi connectivity index (χ1n) is 7.73. The van der Waals surface area contributed by atoms with Crippen LogP contribution in [0.25, 0.3) is 0 Å². The summed E-state index contributed by atoms with van der Waals surface area (Å²) >= 11 is 8.87. The van der Waals surface area contributed by atoms with Crippen molar-refractivity contribution in [3.8, 4) is 5.75 Å². The number of benzene rings is 1. The van der Waals surface area contributed by atoms with Gasteiger partial charge in [-0.05, 0) is 46.3 Å². The number of nitrogens with zero attached hydrogens (tertiary/aromatic N) is 2. The Labute approximate surface area is 156 Å². The van der Waals surface area contributed by atoms with Crippen LogP contribution in [0.3, 0.4) is 0 Å². The minimum atomic E-state index is 0.0274. The van der Waals surface area contributed by atoms with Gasteiger partial charge in [0.1, 0.15) is 5.75 Å². The van der Waals surface area contributed by atoms with Gasteiger partial charge in [0.2, 0.25) is 0 Å². The molecule has 0 amide bonds. The Hall–Kier alpha value is -0.850. The molecule has 23 heavy (non-hydrogen) atoms. The zero-order valence-corrected chi connectivity index (χ0v) is 16.6.